The van der Waals surface area contributed by atoms with Crippen molar-refractivity contribution in [2.45, 2.75) is 51.6 Å². The second kappa shape index (κ2) is 4.27. The van der Waals surface area contributed by atoms with Gasteiger partial charge in [-0.3, -0.25) is 0 Å². The van der Waals surface area contributed by atoms with Crippen molar-refractivity contribution >= 4 is 0 Å². The van der Waals surface area contributed by atoms with Gasteiger partial charge < -0.3 is 10.1 Å². The minimum Gasteiger partial charge on any atom is -0.497 e. The molecule has 0 saturated heterocycles. The lowest BCUT2D eigenvalue weighted by Gasteiger charge is -2.26. The molecular weight excluding hydrogens is 222 g/mol. The third-order valence-corrected chi connectivity index (χ3v) is 4.59. The Morgan fingerprint density at radius 2 is 2.06 bits per heavy atom. The molecule has 1 aromatic rings. The molecule has 1 fully saturated rings. The number of hydrogen-bond donors (Lipinski definition) is 1. The number of nitrogens with one attached hydrogen (secondary N) is 1. The van der Waals surface area contributed by atoms with E-state index < -0.39 is 0 Å². The third kappa shape index (κ3) is 2.26. The van der Waals surface area contributed by atoms with E-state index in [0.717, 1.165) is 18.2 Å². The Hall–Kier alpha value is -1.02. The van der Waals surface area contributed by atoms with Crippen LogP contribution < -0.4 is 10.1 Å². The zero-order valence-corrected chi connectivity index (χ0v) is 11.6. The van der Waals surface area contributed by atoms with Crippen molar-refractivity contribution in [3.05, 3.63) is 29.3 Å². The molecule has 1 N–H and O–H groups in total. The standard InChI is InChI=1S/C16H23NO/c1-16(2)10-15(16)17-13-6-4-11-5-7-14(18-3)9-12(11)8-13/h5,7,9,13,15,17H,4,6,8,10H2,1-3H3. The second-order valence-electron chi connectivity index (χ2n) is 6.49. The first-order valence-corrected chi connectivity index (χ1v) is 7.00. The molecule has 18 heavy (non-hydrogen) atoms. The van der Waals surface area contributed by atoms with E-state index >= 15 is 0 Å². The molecule has 2 aliphatic rings. The van der Waals surface area contributed by atoms with Crippen LogP contribution in [0.15, 0.2) is 18.2 Å². The molecule has 0 aromatic heterocycles. The van der Waals surface area contributed by atoms with Gasteiger partial charge in [0.1, 0.15) is 5.75 Å². The maximum absolute atomic E-state index is 5.32. The molecule has 2 heteroatoms. The highest BCUT2D eigenvalue weighted by molar-refractivity contribution is 5.38. The third-order valence-electron chi connectivity index (χ3n) is 4.59. The van der Waals surface area contributed by atoms with E-state index in [0.29, 0.717) is 11.5 Å². The van der Waals surface area contributed by atoms with Crippen molar-refractivity contribution in [1.82, 2.24) is 5.32 Å². The SMILES string of the molecule is COc1ccc2c(c1)CC(NC1CC1(C)C)CC2. The van der Waals surface area contributed by atoms with Gasteiger partial charge in [-0.15, -0.1) is 0 Å². The van der Waals surface area contributed by atoms with Gasteiger partial charge in [-0.05, 0) is 54.4 Å². The fourth-order valence-electron chi connectivity index (χ4n) is 3.04. The van der Waals surface area contributed by atoms with Gasteiger partial charge in [0.25, 0.3) is 0 Å². The first-order valence-electron chi connectivity index (χ1n) is 7.00. The summed E-state index contributed by atoms with van der Waals surface area (Å²) in [5, 5.41) is 3.82. The van der Waals surface area contributed by atoms with Crippen molar-refractivity contribution in [3.63, 3.8) is 0 Å². The molecule has 0 aliphatic heterocycles. The normalized spacial score (nSPS) is 28.6. The Kier molecular flexibility index (Phi) is 2.86. The van der Waals surface area contributed by atoms with E-state index in [1.165, 1.54) is 30.4 Å². The maximum atomic E-state index is 5.32. The summed E-state index contributed by atoms with van der Waals surface area (Å²) in [4.78, 5) is 0. The summed E-state index contributed by atoms with van der Waals surface area (Å²) < 4.78 is 5.32. The topological polar surface area (TPSA) is 21.3 Å². The zero-order valence-electron chi connectivity index (χ0n) is 11.6. The predicted molar refractivity (Wildman–Crippen MR) is 74.1 cm³/mol. The number of ether oxygens (including phenoxy) is 1. The van der Waals surface area contributed by atoms with Crippen LogP contribution in [0.3, 0.4) is 0 Å². The lowest BCUT2D eigenvalue weighted by atomic mass is 9.88. The summed E-state index contributed by atoms with van der Waals surface area (Å²) in [5.74, 6) is 0.987. The molecule has 0 amide bonds. The van der Waals surface area contributed by atoms with Crippen LogP contribution in [-0.2, 0) is 12.8 Å². The molecule has 0 heterocycles. The molecule has 0 spiro atoms. The summed E-state index contributed by atoms with van der Waals surface area (Å²) >= 11 is 0. The number of hydrogen-bond acceptors (Lipinski definition) is 2. The monoisotopic (exact) mass is 245 g/mol. The fraction of sp³-hybridized carbons (Fsp3) is 0.625. The Morgan fingerprint density at radius 3 is 2.72 bits per heavy atom. The van der Waals surface area contributed by atoms with Crippen molar-refractivity contribution < 1.29 is 4.74 Å². The van der Waals surface area contributed by atoms with Crippen LogP contribution in [0, 0.1) is 5.41 Å². The van der Waals surface area contributed by atoms with Crippen LogP contribution in [0.1, 0.15) is 37.8 Å². The average molecular weight is 245 g/mol. The molecule has 2 atom stereocenters. The molecule has 0 bridgehead atoms. The lowest BCUT2D eigenvalue weighted by molar-refractivity contribution is 0.406. The van der Waals surface area contributed by atoms with Crippen LogP contribution in [0.2, 0.25) is 0 Å². The Labute approximate surface area is 110 Å². The number of rotatable bonds is 3. The molecular formula is C16H23NO. The van der Waals surface area contributed by atoms with Gasteiger partial charge in [-0.2, -0.15) is 0 Å². The highest BCUT2D eigenvalue weighted by Gasteiger charge is 2.46. The van der Waals surface area contributed by atoms with Crippen LogP contribution in [0.4, 0.5) is 0 Å². The summed E-state index contributed by atoms with van der Waals surface area (Å²) in [6.45, 7) is 4.70. The van der Waals surface area contributed by atoms with Gasteiger partial charge in [0.2, 0.25) is 0 Å². The van der Waals surface area contributed by atoms with E-state index in [9.17, 15) is 0 Å². The summed E-state index contributed by atoms with van der Waals surface area (Å²) in [7, 11) is 1.74. The largest absolute Gasteiger partial charge is 0.497 e. The van der Waals surface area contributed by atoms with Crippen LogP contribution >= 0.6 is 0 Å². The molecule has 2 nitrogen and oxygen atoms in total. The lowest BCUT2D eigenvalue weighted by Crippen LogP contribution is -2.37. The minimum absolute atomic E-state index is 0.522. The van der Waals surface area contributed by atoms with Crippen molar-refractivity contribution in [2.24, 2.45) is 5.41 Å². The van der Waals surface area contributed by atoms with Crippen LogP contribution in [0.25, 0.3) is 0 Å². The zero-order chi connectivity index (χ0) is 12.8. The second-order valence-corrected chi connectivity index (χ2v) is 6.49. The van der Waals surface area contributed by atoms with Crippen molar-refractivity contribution in [3.8, 4) is 5.75 Å². The molecule has 98 valence electrons. The van der Waals surface area contributed by atoms with Gasteiger partial charge in [0.05, 0.1) is 7.11 Å². The van der Waals surface area contributed by atoms with E-state index in [-0.39, 0.29) is 0 Å². The first-order chi connectivity index (χ1) is 8.58. The van der Waals surface area contributed by atoms with E-state index in [4.69, 9.17) is 4.74 Å². The maximum Gasteiger partial charge on any atom is 0.119 e. The number of methoxy groups -OCH3 is 1. The first kappa shape index (κ1) is 12.0. The minimum atomic E-state index is 0.522. The highest BCUT2D eigenvalue weighted by Crippen LogP contribution is 2.45. The van der Waals surface area contributed by atoms with E-state index in [1.807, 2.05) is 0 Å². The fourth-order valence-corrected chi connectivity index (χ4v) is 3.04. The molecule has 2 unspecified atom stereocenters. The quantitative estimate of drug-likeness (QED) is 0.884. The van der Waals surface area contributed by atoms with E-state index in [2.05, 4.69) is 37.4 Å². The number of benzene rings is 1. The average Bonchev–Trinajstić information content (AvgIpc) is 2.95. The van der Waals surface area contributed by atoms with E-state index in [1.54, 1.807) is 7.11 Å². The van der Waals surface area contributed by atoms with Gasteiger partial charge in [-0.1, -0.05) is 19.9 Å². The van der Waals surface area contributed by atoms with Crippen molar-refractivity contribution in [2.75, 3.05) is 7.11 Å². The Morgan fingerprint density at radius 1 is 1.28 bits per heavy atom. The number of fused-ring (bicyclic) bond motifs is 1. The van der Waals surface area contributed by atoms with Crippen LogP contribution in [0.5, 0.6) is 5.75 Å². The predicted octanol–water partition coefficient (Wildman–Crippen LogP) is 2.94. The Balaban J connectivity index is 1.68. The molecule has 1 aromatic carbocycles. The summed E-state index contributed by atoms with van der Waals surface area (Å²) in [6, 6.07) is 7.90. The molecule has 3 rings (SSSR count). The Bertz CT molecular complexity index is 452. The van der Waals surface area contributed by atoms with Gasteiger partial charge in [0.15, 0.2) is 0 Å². The summed E-state index contributed by atoms with van der Waals surface area (Å²) in [6.07, 6.45) is 4.95. The molecule has 0 radical (unpaired) electrons. The van der Waals surface area contributed by atoms with Crippen molar-refractivity contribution in [1.29, 1.82) is 0 Å². The highest BCUT2D eigenvalue weighted by atomic mass is 16.5. The molecule has 1 saturated carbocycles. The smallest absolute Gasteiger partial charge is 0.119 e. The van der Waals surface area contributed by atoms with Gasteiger partial charge in [-0.25, -0.2) is 0 Å². The summed E-state index contributed by atoms with van der Waals surface area (Å²) in [5.41, 5.74) is 3.50. The van der Waals surface area contributed by atoms with Gasteiger partial charge in [0, 0.05) is 12.1 Å². The molecule has 2 aliphatic carbocycles. The van der Waals surface area contributed by atoms with Gasteiger partial charge >= 0.3 is 0 Å². The van der Waals surface area contributed by atoms with Crippen LogP contribution in [-0.4, -0.2) is 19.2 Å². The number of aryl methyl sites for hydroxylation is 1.